The Morgan fingerprint density at radius 2 is 1.69 bits per heavy atom. The zero-order chi connectivity index (χ0) is 22.5. The number of hydrogen-bond acceptors (Lipinski definition) is 4. The van der Waals surface area contributed by atoms with Crippen molar-refractivity contribution in [2.24, 2.45) is 0 Å². The first-order chi connectivity index (χ1) is 15.5. The van der Waals surface area contributed by atoms with Gasteiger partial charge in [-0.2, -0.15) is 5.10 Å². The van der Waals surface area contributed by atoms with E-state index in [9.17, 15) is 4.79 Å². The smallest absolute Gasteiger partial charge is 0.257 e. The summed E-state index contributed by atoms with van der Waals surface area (Å²) in [4.78, 5) is 20.1. The number of piperazine rings is 1. The average molecular weight is 432 g/mol. The van der Waals surface area contributed by atoms with Crippen LogP contribution in [0.5, 0.6) is 0 Å². The Bertz CT molecular complexity index is 1020. The van der Waals surface area contributed by atoms with Gasteiger partial charge in [-0.1, -0.05) is 48.0 Å². The molecule has 1 saturated heterocycles. The second-order valence-electron chi connectivity index (χ2n) is 8.76. The molecule has 1 aliphatic heterocycles. The molecule has 6 heteroatoms. The first-order valence-electron chi connectivity index (χ1n) is 11.4. The Balaban J connectivity index is 1.50. The van der Waals surface area contributed by atoms with Crippen LogP contribution in [0, 0.1) is 6.92 Å². The Morgan fingerprint density at radius 3 is 2.38 bits per heavy atom. The molecule has 168 valence electrons. The van der Waals surface area contributed by atoms with E-state index in [2.05, 4.69) is 35.9 Å². The summed E-state index contributed by atoms with van der Waals surface area (Å²) in [7, 11) is 4.06. The van der Waals surface area contributed by atoms with Gasteiger partial charge in [-0.15, -0.1) is 0 Å². The highest BCUT2D eigenvalue weighted by molar-refractivity contribution is 5.99. The van der Waals surface area contributed by atoms with Crippen LogP contribution in [0.3, 0.4) is 0 Å². The number of likely N-dealkylation sites (N-methyl/N-ethyl adjacent to an activating group) is 1. The van der Waals surface area contributed by atoms with E-state index in [1.54, 1.807) is 0 Å². The highest BCUT2D eigenvalue weighted by Gasteiger charge is 2.22. The lowest BCUT2D eigenvalue weighted by molar-refractivity contribution is 0.0784. The van der Waals surface area contributed by atoms with Crippen molar-refractivity contribution in [3.63, 3.8) is 0 Å². The van der Waals surface area contributed by atoms with Gasteiger partial charge >= 0.3 is 0 Å². The number of hydrogen-bond donors (Lipinski definition) is 0. The van der Waals surface area contributed by atoms with Crippen LogP contribution in [0.1, 0.15) is 22.3 Å². The molecule has 1 aliphatic rings. The van der Waals surface area contributed by atoms with Crippen molar-refractivity contribution < 1.29 is 4.79 Å². The summed E-state index contributed by atoms with van der Waals surface area (Å²) in [5.41, 5.74) is 4.46. The van der Waals surface area contributed by atoms with Crippen molar-refractivity contribution >= 4 is 5.91 Å². The molecule has 6 nitrogen and oxygen atoms in total. The largest absolute Gasteiger partial charge is 0.342 e. The number of aromatic nitrogens is 2. The molecule has 1 aromatic heterocycles. The van der Waals surface area contributed by atoms with Crippen LogP contribution < -0.4 is 0 Å². The predicted molar refractivity (Wildman–Crippen MR) is 129 cm³/mol. The molecule has 0 bridgehead atoms. The zero-order valence-electron chi connectivity index (χ0n) is 19.4. The van der Waals surface area contributed by atoms with Crippen molar-refractivity contribution in [2.45, 2.75) is 13.3 Å². The number of carbonyl (C=O) groups is 1. The molecule has 1 fully saturated rings. The van der Waals surface area contributed by atoms with Crippen molar-refractivity contribution in [3.8, 4) is 16.9 Å². The minimum absolute atomic E-state index is 0.0144. The third-order valence-electron chi connectivity index (χ3n) is 6.20. The second kappa shape index (κ2) is 10.1. The van der Waals surface area contributed by atoms with E-state index in [0.29, 0.717) is 5.56 Å². The second-order valence-corrected chi connectivity index (χ2v) is 8.76. The average Bonchev–Trinajstić information content (AvgIpc) is 3.26. The van der Waals surface area contributed by atoms with Crippen LogP contribution in [0.25, 0.3) is 16.9 Å². The van der Waals surface area contributed by atoms with E-state index in [1.807, 2.05) is 65.3 Å². The molecule has 32 heavy (non-hydrogen) atoms. The molecule has 0 saturated carbocycles. The predicted octanol–water partition coefficient (Wildman–Crippen LogP) is 3.56. The molecule has 0 aliphatic carbocycles. The normalized spacial score (nSPS) is 15.1. The molecule has 0 unspecified atom stereocenters. The number of nitrogens with zero attached hydrogens (tertiary/aromatic N) is 5. The molecule has 2 heterocycles. The van der Waals surface area contributed by atoms with Crippen LogP contribution in [-0.4, -0.2) is 83.8 Å². The van der Waals surface area contributed by atoms with Gasteiger partial charge in [0.05, 0.1) is 11.3 Å². The monoisotopic (exact) mass is 431 g/mol. The van der Waals surface area contributed by atoms with E-state index >= 15 is 0 Å². The van der Waals surface area contributed by atoms with Gasteiger partial charge < -0.3 is 14.7 Å². The summed E-state index contributed by atoms with van der Waals surface area (Å²) in [6, 6.07) is 18.1. The molecule has 0 atom stereocenters. The first-order valence-corrected chi connectivity index (χ1v) is 11.4. The first kappa shape index (κ1) is 22.2. The van der Waals surface area contributed by atoms with Gasteiger partial charge in [0.1, 0.15) is 5.69 Å². The standard InChI is InChI=1S/C26H33N5O/c1-21-10-12-23(13-11-21)31-20-24(25(27-31)22-8-5-4-6-9-22)26(32)29(3)14-7-15-30-18-16-28(2)17-19-30/h4-6,8-13,20H,7,14-19H2,1-3H3. The number of aryl methyl sites for hydroxylation is 1. The van der Waals surface area contributed by atoms with Crippen molar-refractivity contribution in [3.05, 3.63) is 71.9 Å². The van der Waals surface area contributed by atoms with Crippen LogP contribution in [0.4, 0.5) is 0 Å². The third kappa shape index (κ3) is 5.26. The van der Waals surface area contributed by atoms with Gasteiger partial charge in [0, 0.05) is 51.5 Å². The third-order valence-corrected chi connectivity index (χ3v) is 6.20. The Hall–Kier alpha value is -2.96. The summed E-state index contributed by atoms with van der Waals surface area (Å²) in [5, 5.41) is 4.80. The van der Waals surface area contributed by atoms with Crippen molar-refractivity contribution in [1.29, 1.82) is 0 Å². The molecule has 0 spiro atoms. The lowest BCUT2D eigenvalue weighted by atomic mass is 10.1. The van der Waals surface area contributed by atoms with Crippen LogP contribution in [-0.2, 0) is 0 Å². The van der Waals surface area contributed by atoms with E-state index in [1.165, 1.54) is 5.56 Å². The topological polar surface area (TPSA) is 44.6 Å². The van der Waals surface area contributed by atoms with E-state index in [0.717, 1.165) is 62.6 Å². The minimum atomic E-state index is 0.0144. The van der Waals surface area contributed by atoms with Gasteiger partial charge in [-0.25, -0.2) is 4.68 Å². The fourth-order valence-electron chi connectivity index (χ4n) is 4.08. The Morgan fingerprint density at radius 1 is 1.00 bits per heavy atom. The van der Waals surface area contributed by atoms with E-state index in [-0.39, 0.29) is 5.91 Å². The maximum absolute atomic E-state index is 13.4. The molecular formula is C26H33N5O. The highest BCUT2D eigenvalue weighted by Crippen LogP contribution is 2.25. The quantitative estimate of drug-likeness (QED) is 0.574. The van der Waals surface area contributed by atoms with Gasteiger partial charge in [0.25, 0.3) is 5.91 Å². The maximum atomic E-state index is 13.4. The lowest BCUT2D eigenvalue weighted by Gasteiger charge is -2.32. The van der Waals surface area contributed by atoms with Gasteiger partial charge in [0.2, 0.25) is 0 Å². The summed E-state index contributed by atoms with van der Waals surface area (Å²) in [6.07, 6.45) is 2.84. The number of amides is 1. The molecule has 0 N–H and O–H groups in total. The SMILES string of the molecule is Cc1ccc(-n2cc(C(=O)N(C)CCCN3CCN(C)CC3)c(-c3ccccc3)n2)cc1. The highest BCUT2D eigenvalue weighted by atomic mass is 16.2. The van der Waals surface area contributed by atoms with Crippen LogP contribution >= 0.6 is 0 Å². The summed E-state index contributed by atoms with van der Waals surface area (Å²) < 4.78 is 1.81. The fraction of sp³-hybridized carbons (Fsp3) is 0.385. The minimum Gasteiger partial charge on any atom is -0.342 e. The molecule has 3 aromatic rings. The number of rotatable bonds is 7. The van der Waals surface area contributed by atoms with Gasteiger partial charge in [-0.05, 0) is 39.1 Å². The zero-order valence-corrected chi connectivity index (χ0v) is 19.4. The lowest BCUT2D eigenvalue weighted by Crippen LogP contribution is -2.45. The summed E-state index contributed by atoms with van der Waals surface area (Å²) in [6.45, 7) is 8.27. The molecular weight excluding hydrogens is 398 g/mol. The van der Waals surface area contributed by atoms with E-state index < -0.39 is 0 Å². The maximum Gasteiger partial charge on any atom is 0.257 e. The van der Waals surface area contributed by atoms with Crippen LogP contribution in [0.15, 0.2) is 60.8 Å². The Labute approximate surface area is 191 Å². The molecule has 1 amide bonds. The Kier molecular flexibility index (Phi) is 7.02. The van der Waals surface area contributed by atoms with Crippen molar-refractivity contribution in [2.75, 3.05) is 53.4 Å². The van der Waals surface area contributed by atoms with Gasteiger partial charge in [-0.3, -0.25) is 4.79 Å². The molecule has 2 aromatic carbocycles. The fourth-order valence-corrected chi connectivity index (χ4v) is 4.08. The van der Waals surface area contributed by atoms with Gasteiger partial charge in [0.15, 0.2) is 0 Å². The summed E-state index contributed by atoms with van der Waals surface area (Å²) >= 11 is 0. The number of benzene rings is 2. The number of carbonyl (C=O) groups excluding carboxylic acids is 1. The van der Waals surface area contributed by atoms with Crippen LogP contribution in [0.2, 0.25) is 0 Å². The molecule has 4 rings (SSSR count). The van der Waals surface area contributed by atoms with Crippen molar-refractivity contribution in [1.82, 2.24) is 24.5 Å². The van der Waals surface area contributed by atoms with E-state index in [4.69, 9.17) is 5.10 Å². The summed E-state index contributed by atoms with van der Waals surface area (Å²) in [5.74, 6) is 0.0144. The molecule has 0 radical (unpaired) electrons.